The van der Waals surface area contributed by atoms with Gasteiger partial charge in [0.05, 0.1) is 17.0 Å². The molecule has 1 amide bonds. The van der Waals surface area contributed by atoms with E-state index < -0.39 is 18.6 Å². The molecule has 0 saturated carbocycles. The molecule has 0 aliphatic carbocycles. The topological polar surface area (TPSA) is 100 Å². The van der Waals surface area contributed by atoms with Gasteiger partial charge >= 0.3 is 6.18 Å². The first-order valence-corrected chi connectivity index (χ1v) is 9.17. The normalized spacial score (nSPS) is 11.3. The lowest BCUT2D eigenvalue weighted by molar-refractivity contribution is -0.123. The molecule has 0 spiro atoms. The number of aromatic nitrogens is 3. The van der Waals surface area contributed by atoms with Gasteiger partial charge in [-0.3, -0.25) is 9.78 Å². The van der Waals surface area contributed by atoms with E-state index in [4.69, 9.17) is 0 Å². The molecule has 7 nitrogen and oxygen atoms in total. The van der Waals surface area contributed by atoms with Crippen LogP contribution in [0.3, 0.4) is 0 Å². The molecule has 3 N–H and O–H groups in total. The Morgan fingerprint density at radius 1 is 1.24 bits per heavy atom. The molecule has 0 radical (unpaired) electrons. The van der Waals surface area contributed by atoms with Gasteiger partial charge in [0, 0.05) is 30.4 Å². The van der Waals surface area contributed by atoms with Crippen LogP contribution in [0.2, 0.25) is 0 Å². The molecular formula is C18H16F3N5O2S. The van der Waals surface area contributed by atoms with Crippen LogP contribution < -0.4 is 10.6 Å². The number of nitrogens with one attached hydrogen (secondary N) is 2. The number of pyridine rings is 2. The molecule has 11 heteroatoms. The van der Waals surface area contributed by atoms with Crippen LogP contribution in [-0.2, 0) is 6.61 Å². The van der Waals surface area contributed by atoms with Crippen molar-refractivity contribution in [2.24, 2.45) is 0 Å². The van der Waals surface area contributed by atoms with E-state index in [-0.39, 0.29) is 12.2 Å². The molecule has 0 bridgehead atoms. The minimum absolute atomic E-state index is 0.0165. The monoisotopic (exact) mass is 423 g/mol. The highest BCUT2D eigenvalue weighted by atomic mass is 32.1. The summed E-state index contributed by atoms with van der Waals surface area (Å²) in [4.78, 5) is 25.0. The Bertz CT molecular complexity index is 1020. The highest BCUT2D eigenvalue weighted by Gasteiger charge is 2.28. The molecule has 0 aliphatic heterocycles. The van der Waals surface area contributed by atoms with Gasteiger partial charge in [-0.15, -0.1) is 0 Å². The fourth-order valence-electron chi connectivity index (χ4n) is 2.42. The minimum Gasteiger partial charge on any atom is -0.392 e. The Hall–Kier alpha value is -3.05. The molecule has 0 unspecified atom stereocenters. The zero-order valence-corrected chi connectivity index (χ0v) is 15.9. The van der Waals surface area contributed by atoms with E-state index in [0.717, 1.165) is 11.1 Å². The number of alkyl halides is 3. The fraction of sp³-hybridized carbons (Fsp3) is 0.222. The van der Waals surface area contributed by atoms with Gasteiger partial charge in [-0.1, -0.05) is 11.3 Å². The third-order valence-electron chi connectivity index (χ3n) is 3.95. The van der Waals surface area contributed by atoms with Crippen LogP contribution in [0.4, 0.5) is 24.1 Å². The van der Waals surface area contributed by atoms with Crippen molar-refractivity contribution in [2.75, 3.05) is 11.9 Å². The standard InChI is InChI=1S/C18H16F3N5O2S/c1-10-11(8-27)2-3-23-15(10)26-17-24-7-14(29-17)12-4-13(6-22-5-12)16(28)25-9-18(19,20)21/h2-7,27H,8-9H2,1H3,(H,25,28)(H,23,24,26). The summed E-state index contributed by atoms with van der Waals surface area (Å²) in [5.41, 5.74) is 2.09. The van der Waals surface area contributed by atoms with Crippen molar-refractivity contribution in [3.8, 4) is 10.4 Å². The molecule has 0 atom stereocenters. The lowest BCUT2D eigenvalue weighted by Gasteiger charge is -2.09. The minimum atomic E-state index is -4.49. The fourth-order valence-corrected chi connectivity index (χ4v) is 3.22. The van der Waals surface area contributed by atoms with E-state index in [9.17, 15) is 23.1 Å². The average molecular weight is 423 g/mol. The van der Waals surface area contributed by atoms with Crippen molar-refractivity contribution in [3.63, 3.8) is 0 Å². The molecule has 29 heavy (non-hydrogen) atoms. The largest absolute Gasteiger partial charge is 0.405 e. The van der Waals surface area contributed by atoms with Gasteiger partial charge < -0.3 is 15.7 Å². The summed E-state index contributed by atoms with van der Waals surface area (Å²) in [6.45, 7) is 0.299. The number of carbonyl (C=O) groups is 1. The van der Waals surface area contributed by atoms with Gasteiger partial charge in [-0.25, -0.2) is 9.97 Å². The van der Waals surface area contributed by atoms with Crippen molar-refractivity contribution in [3.05, 3.63) is 53.6 Å². The maximum absolute atomic E-state index is 12.3. The quantitative estimate of drug-likeness (QED) is 0.562. The Morgan fingerprint density at radius 2 is 2.03 bits per heavy atom. The number of amides is 1. The molecule has 3 heterocycles. The van der Waals surface area contributed by atoms with Gasteiger partial charge in [-0.05, 0) is 30.2 Å². The summed E-state index contributed by atoms with van der Waals surface area (Å²) in [5, 5.41) is 14.8. The van der Waals surface area contributed by atoms with E-state index in [2.05, 4.69) is 20.3 Å². The lowest BCUT2D eigenvalue weighted by Crippen LogP contribution is -2.33. The zero-order chi connectivity index (χ0) is 21.0. The number of nitrogens with zero attached hydrogens (tertiary/aromatic N) is 3. The number of thiazole rings is 1. The van der Waals surface area contributed by atoms with Crippen LogP contribution in [0, 0.1) is 6.92 Å². The van der Waals surface area contributed by atoms with Crippen LogP contribution in [0.25, 0.3) is 10.4 Å². The number of hydrogen-bond donors (Lipinski definition) is 3. The van der Waals surface area contributed by atoms with E-state index >= 15 is 0 Å². The highest BCUT2D eigenvalue weighted by molar-refractivity contribution is 7.18. The van der Waals surface area contributed by atoms with Crippen LogP contribution in [0.5, 0.6) is 0 Å². The smallest absolute Gasteiger partial charge is 0.392 e. The van der Waals surface area contributed by atoms with Crippen molar-refractivity contribution in [2.45, 2.75) is 19.7 Å². The summed E-state index contributed by atoms with van der Waals surface area (Å²) in [6.07, 6.45) is 1.34. The molecule has 152 valence electrons. The molecule has 0 aliphatic rings. The Kier molecular flexibility index (Phi) is 6.09. The maximum atomic E-state index is 12.3. The summed E-state index contributed by atoms with van der Waals surface area (Å²) >= 11 is 1.26. The number of hydrogen-bond acceptors (Lipinski definition) is 7. The number of halogens is 3. The first-order chi connectivity index (χ1) is 13.8. The van der Waals surface area contributed by atoms with Crippen LogP contribution >= 0.6 is 11.3 Å². The molecule has 0 aromatic carbocycles. The summed E-state index contributed by atoms with van der Waals surface area (Å²) in [6, 6.07) is 3.17. The van der Waals surface area contributed by atoms with E-state index in [1.165, 1.54) is 29.8 Å². The average Bonchev–Trinajstić information content (AvgIpc) is 3.16. The summed E-state index contributed by atoms with van der Waals surface area (Å²) in [7, 11) is 0. The van der Waals surface area contributed by atoms with Gasteiger partial charge in [0.15, 0.2) is 5.13 Å². The van der Waals surface area contributed by atoms with E-state index in [0.29, 0.717) is 21.4 Å². The van der Waals surface area contributed by atoms with Crippen molar-refractivity contribution >= 4 is 28.2 Å². The van der Waals surface area contributed by atoms with Crippen LogP contribution in [-0.4, -0.2) is 38.7 Å². The third-order valence-corrected chi connectivity index (χ3v) is 4.91. The van der Waals surface area contributed by atoms with E-state index in [1.807, 2.05) is 12.2 Å². The van der Waals surface area contributed by atoms with Gasteiger partial charge in [-0.2, -0.15) is 13.2 Å². The molecule has 0 fully saturated rings. The Morgan fingerprint density at radius 3 is 2.76 bits per heavy atom. The second-order valence-corrected chi connectivity index (χ2v) is 7.05. The van der Waals surface area contributed by atoms with Gasteiger partial charge in [0.2, 0.25) is 0 Å². The SMILES string of the molecule is Cc1c(CO)ccnc1Nc1ncc(-c2cncc(C(=O)NCC(F)(F)F)c2)s1. The van der Waals surface area contributed by atoms with Crippen molar-refractivity contribution in [1.82, 2.24) is 20.3 Å². The third kappa shape index (κ3) is 5.27. The number of aliphatic hydroxyl groups excluding tert-OH is 1. The first-order valence-electron chi connectivity index (χ1n) is 8.35. The Balaban J connectivity index is 1.76. The molecule has 3 aromatic heterocycles. The number of aliphatic hydroxyl groups is 1. The second kappa shape index (κ2) is 8.53. The van der Waals surface area contributed by atoms with Crippen molar-refractivity contribution < 1.29 is 23.1 Å². The maximum Gasteiger partial charge on any atom is 0.405 e. The van der Waals surface area contributed by atoms with Gasteiger partial charge in [0.25, 0.3) is 5.91 Å². The predicted octanol–water partition coefficient (Wildman–Crippen LogP) is 3.44. The van der Waals surface area contributed by atoms with Crippen LogP contribution in [0.1, 0.15) is 21.5 Å². The van der Waals surface area contributed by atoms with Crippen LogP contribution in [0.15, 0.2) is 36.9 Å². The van der Waals surface area contributed by atoms with Gasteiger partial charge in [0.1, 0.15) is 12.4 Å². The summed E-state index contributed by atoms with van der Waals surface area (Å²) < 4.78 is 36.8. The second-order valence-electron chi connectivity index (χ2n) is 6.02. The number of carbonyl (C=O) groups excluding carboxylic acids is 1. The molecule has 0 saturated heterocycles. The molecular weight excluding hydrogens is 407 g/mol. The Labute approximate surface area is 167 Å². The summed E-state index contributed by atoms with van der Waals surface area (Å²) in [5.74, 6) is -0.309. The predicted molar refractivity (Wildman–Crippen MR) is 102 cm³/mol. The molecule has 3 aromatic rings. The van der Waals surface area contributed by atoms with Crippen molar-refractivity contribution in [1.29, 1.82) is 0 Å². The number of anilines is 2. The first kappa shape index (κ1) is 20.7. The number of rotatable bonds is 6. The zero-order valence-electron chi connectivity index (χ0n) is 15.1. The van der Waals surface area contributed by atoms with E-state index in [1.54, 1.807) is 18.5 Å². The highest BCUT2D eigenvalue weighted by Crippen LogP contribution is 2.31. The molecule has 3 rings (SSSR count). The lowest BCUT2D eigenvalue weighted by atomic mass is 10.1.